The number of hydrogen-bond acceptors (Lipinski definition) is 8. The molecule has 0 aliphatic carbocycles. The van der Waals surface area contributed by atoms with Crippen molar-refractivity contribution in [1.29, 1.82) is 0 Å². The van der Waals surface area contributed by atoms with Crippen molar-refractivity contribution in [2.75, 3.05) is 55.3 Å². The van der Waals surface area contributed by atoms with Gasteiger partial charge in [0.05, 0.1) is 19.5 Å². The Bertz CT molecular complexity index is 966. The van der Waals surface area contributed by atoms with Crippen LogP contribution in [0.4, 0.5) is 23.1 Å². The molecule has 1 saturated heterocycles. The van der Waals surface area contributed by atoms with Crippen LogP contribution in [0.3, 0.4) is 0 Å². The Morgan fingerprint density at radius 1 is 1.17 bits per heavy atom. The highest BCUT2D eigenvalue weighted by Crippen LogP contribution is 2.23. The first-order valence-corrected chi connectivity index (χ1v) is 9.57. The molecule has 2 aromatic heterocycles. The maximum atomic E-state index is 11.2. The van der Waals surface area contributed by atoms with E-state index in [4.69, 9.17) is 4.74 Å². The summed E-state index contributed by atoms with van der Waals surface area (Å²) in [5, 5.41) is 9.33. The predicted molar refractivity (Wildman–Crippen MR) is 111 cm³/mol. The molecule has 1 aliphatic rings. The maximum absolute atomic E-state index is 11.2. The Morgan fingerprint density at radius 3 is 2.69 bits per heavy atom. The molecule has 10 heteroatoms. The van der Waals surface area contributed by atoms with E-state index in [-0.39, 0.29) is 5.91 Å². The average Bonchev–Trinajstić information content (AvgIpc) is 3.19. The fourth-order valence-electron chi connectivity index (χ4n) is 3.13. The van der Waals surface area contributed by atoms with Gasteiger partial charge in [-0.05, 0) is 24.3 Å². The van der Waals surface area contributed by atoms with Crippen LogP contribution in [0.25, 0.3) is 11.2 Å². The Labute approximate surface area is 168 Å². The third-order valence-corrected chi connectivity index (χ3v) is 4.57. The Balaban J connectivity index is 1.45. The number of morpholine rings is 1. The van der Waals surface area contributed by atoms with Crippen LogP contribution < -0.4 is 16.0 Å². The Kier molecular flexibility index (Phi) is 5.82. The van der Waals surface area contributed by atoms with Crippen molar-refractivity contribution >= 4 is 40.2 Å². The Morgan fingerprint density at radius 2 is 1.93 bits per heavy atom. The molecule has 0 spiro atoms. The minimum absolute atomic E-state index is 0.103. The van der Waals surface area contributed by atoms with Crippen LogP contribution in [0.2, 0.25) is 0 Å². The van der Waals surface area contributed by atoms with E-state index in [1.54, 1.807) is 6.33 Å². The molecule has 4 N–H and O–H groups in total. The molecule has 0 radical (unpaired) electrons. The lowest BCUT2D eigenvalue weighted by Gasteiger charge is -2.26. The number of nitrogens with one attached hydrogen (secondary N) is 4. The summed E-state index contributed by atoms with van der Waals surface area (Å²) < 4.78 is 5.37. The minimum atomic E-state index is -0.103. The number of rotatable bonds is 7. The molecular weight excluding hydrogens is 372 g/mol. The van der Waals surface area contributed by atoms with Crippen LogP contribution in [0.15, 0.2) is 30.6 Å². The van der Waals surface area contributed by atoms with Gasteiger partial charge in [-0.15, -0.1) is 0 Å². The lowest BCUT2D eigenvalue weighted by Crippen LogP contribution is -2.39. The van der Waals surface area contributed by atoms with Gasteiger partial charge in [-0.25, -0.2) is 4.98 Å². The first-order valence-electron chi connectivity index (χ1n) is 9.57. The number of fused-ring (bicyclic) bond motifs is 1. The van der Waals surface area contributed by atoms with Gasteiger partial charge >= 0.3 is 0 Å². The summed E-state index contributed by atoms with van der Waals surface area (Å²) in [7, 11) is 0. The molecule has 0 bridgehead atoms. The SMILES string of the molecule is CC(=O)Nc1ccc(Nc2nc(NCCN3CCOCC3)nc3nc[nH]c23)cc1. The Hall–Kier alpha value is -3.24. The van der Waals surface area contributed by atoms with E-state index >= 15 is 0 Å². The summed E-state index contributed by atoms with van der Waals surface area (Å²) >= 11 is 0. The lowest BCUT2D eigenvalue weighted by molar-refractivity contribution is -0.114. The number of aromatic amines is 1. The molecule has 0 atom stereocenters. The molecule has 29 heavy (non-hydrogen) atoms. The van der Waals surface area contributed by atoms with Gasteiger partial charge in [0.2, 0.25) is 11.9 Å². The summed E-state index contributed by atoms with van der Waals surface area (Å²) in [6.07, 6.45) is 1.60. The second-order valence-electron chi connectivity index (χ2n) is 6.76. The van der Waals surface area contributed by atoms with Gasteiger partial charge in [-0.3, -0.25) is 9.69 Å². The molecule has 1 aliphatic heterocycles. The topological polar surface area (TPSA) is 120 Å². The third kappa shape index (κ3) is 4.98. The number of aromatic nitrogens is 4. The van der Waals surface area contributed by atoms with Crippen molar-refractivity contribution in [1.82, 2.24) is 24.8 Å². The molecule has 0 unspecified atom stereocenters. The number of nitrogens with zero attached hydrogens (tertiary/aromatic N) is 4. The fourth-order valence-corrected chi connectivity index (χ4v) is 3.13. The van der Waals surface area contributed by atoms with Crippen LogP contribution in [-0.2, 0) is 9.53 Å². The monoisotopic (exact) mass is 396 g/mol. The minimum Gasteiger partial charge on any atom is -0.379 e. The number of hydrogen-bond donors (Lipinski definition) is 4. The molecule has 1 amide bonds. The molecule has 4 rings (SSSR count). The van der Waals surface area contributed by atoms with Gasteiger partial charge in [0.15, 0.2) is 11.5 Å². The highest BCUT2D eigenvalue weighted by atomic mass is 16.5. The van der Waals surface area contributed by atoms with Gasteiger partial charge in [0.25, 0.3) is 0 Å². The molecule has 152 valence electrons. The van der Waals surface area contributed by atoms with E-state index in [1.807, 2.05) is 24.3 Å². The fraction of sp³-hybridized carbons (Fsp3) is 0.368. The van der Waals surface area contributed by atoms with Crippen molar-refractivity contribution in [3.63, 3.8) is 0 Å². The quantitative estimate of drug-likeness (QED) is 0.477. The van der Waals surface area contributed by atoms with Gasteiger partial charge in [0, 0.05) is 44.5 Å². The zero-order valence-electron chi connectivity index (χ0n) is 16.2. The van der Waals surface area contributed by atoms with Crippen LogP contribution in [-0.4, -0.2) is 70.1 Å². The van der Waals surface area contributed by atoms with Crippen molar-refractivity contribution in [3.8, 4) is 0 Å². The highest BCUT2D eigenvalue weighted by Gasteiger charge is 2.12. The largest absolute Gasteiger partial charge is 0.379 e. The van der Waals surface area contributed by atoms with Crippen molar-refractivity contribution in [2.45, 2.75) is 6.92 Å². The van der Waals surface area contributed by atoms with E-state index in [2.05, 4.69) is 40.8 Å². The lowest BCUT2D eigenvalue weighted by atomic mass is 10.2. The summed E-state index contributed by atoms with van der Waals surface area (Å²) in [6, 6.07) is 7.41. The van der Waals surface area contributed by atoms with Crippen LogP contribution in [0, 0.1) is 0 Å². The van der Waals surface area contributed by atoms with Crippen molar-refractivity contribution in [3.05, 3.63) is 30.6 Å². The molecule has 10 nitrogen and oxygen atoms in total. The van der Waals surface area contributed by atoms with Gasteiger partial charge in [-0.2, -0.15) is 9.97 Å². The molecule has 0 saturated carbocycles. The zero-order chi connectivity index (χ0) is 20.1. The van der Waals surface area contributed by atoms with Gasteiger partial charge in [0.1, 0.15) is 5.52 Å². The molecule has 3 aromatic rings. The van der Waals surface area contributed by atoms with Crippen LogP contribution in [0.1, 0.15) is 6.92 Å². The normalized spacial score (nSPS) is 14.7. The maximum Gasteiger partial charge on any atom is 0.226 e. The van der Waals surface area contributed by atoms with E-state index in [0.29, 0.717) is 17.4 Å². The van der Waals surface area contributed by atoms with Crippen molar-refractivity contribution in [2.24, 2.45) is 0 Å². The standard InChI is InChI=1S/C19H24N8O2/c1-13(28)23-14-2-4-15(5-3-14)24-18-16-17(22-12-21-16)25-19(26-18)20-6-7-27-8-10-29-11-9-27/h2-5,12H,6-11H2,1H3,(H,23,28)(H3,20,21,22,24,25,26). The average molecular weight is 396 g/mol. The van der Waals surface area contributed by atoms with E-state index in [0.717, 1.165) is 56.3 Å². The second-order valence-corrected chi connectivity index (χ2v) is 6.76. The first-order chi connectivity index (χ1) is 14.2. The predicted octanol–water partition coefficient (Wildman–Crippen LogP) is 1.80. The van der Waals surface area contributed by atoms with Gasteiger partial charge in [-0.1, -0.05) is 0 Å². The second kappa shape index (κ2) is 8.84. The number of H-pyrrole nitrogens is 1. The van der Waals surface area contributed by atoms with E-state index in [1.165, 1.54) is 6.92 Å². The van der Waals surface area contributed by atoms with Crippen molar-refractivity contribution < 1.29 is 9.53 Å². The van der Waals surface area contributed by atoms with E-state index < -0.39 is 0 Å². The van der Waals surface area contributed by atoms with Crippen LogP contribution >= 0.6 is 0 Å². The van der Waals surface area contributed by atoms with Gasteiger partial charge < -0.3 is 25.7 Å². The summed E-state index contributed by atoms with van der Waals surface area (Å²) in [5.41, 5.74) is 2.90. The summed E-state index contributed by atoms with van der Waals surface area (Å²) in [6.45, 7) is 6.58. The zero-order valence-corrected chi connectivity index (χ0v) is 16.2. The summed E-state index contributed by atoms with van der Waals surface area (Å²) in [4.78, 5) is 29.9. The molecular formula is C19H24N8O2. The number of amides is 1. The number of anilines is 4. The number of ether oxygens (including phenoxy) is 1. The first kappa shape index (κ1) is 19.1. The van der Waals surface area contributed by atoms with E-state index in [9.17, 15) is 4.79 Å². The number of carbonyl (C=O) groups is 1. The highest BCUT2D eigenvalue weighted by molar-refractivity contribution is 5.89. The van der Waals surface area contributed by atoms with Crippen LogP contribution in [0.5, 0.6) is 0 Å². The number of carbonyl (C=O) groups excluding carboxylic acids is 1. The smallest absolute Gasteiger partial charge is 0.226 e. The number of benzene rings is 1. The molecule has 1 fully saturated rings. The third-order valence-electron chi connectivity index (χ3n) is 4.57. The number of imidazole rings is 1. The summed E-state index contributed by atoms with van der Waals surface area (Å²) in [5.74, 6) is 1.05. The molecule has 3 heterocycles. The molecule has 1 aromatic carbocycles.